The fraction of sp³-hybridized carbons (Fsp3) is 0. The second-order valence-corrected chi connectivity index (χ2v) is 0. The quantitative estimate of drug-likeness (QED) is 0.318. The SMILES string of the molecule is [H-].[H-].[H-].[Li+].[Mg+2].[S]=[GeH2]. The van der Waals surface area contributed by atoms with Crippen LogP contribution in [-0.2, 0) is 0 Å². The van der Waals surface area contributed by atoms with Crippen molar-refractivity contribution in [3.8, 4) is 0 Å². The van der Waals surface area contributed by atoms with Crippen LogP contribution in [0.5, 0.6) is 0 Å². The molecule has 0 aliphatic carbocycles. The second-order valence-electron chi connectivity index (χ2n) is 0. The Labute approximate surface area is 70.9 Å². The molecule has 0 N–H and O–H groups in total. The van der Waals surface area contributed by atoms with E-state index < -0.39 is 0 Å². The molecule has 4 heavy (non-hydrogen) atoms. The predicted molar refractivity (Wildman–Crippen MR) is 25.2 cm³/mol. The molecule has 0 aromatic rings. The Kier molecular flexibility index (Phi) is 79.5. The molecular weight excluding hydrogens is 136 g/mol. The van der Waals surface area contributed by atoms with Crippen molar-refractivity contribution in [2.75, 3.05) is 0 Å². The molecule has 0 rings (SSSR count). The van der Waals surface area contributed by atoms with Gasteiger partial charge in [0.15, 0.2) is 0 Å². The van der Waals surface area contributed by atoms with E-state index in [0.717, 1.165) is 14.9 Å². The van der Waals surface area contributed by atoms with E-state index in [2.05, 4.69) is 10.5 Å². The van der Waals surface area contributed by atoms with Gasteiger partial charge in [0.05, 0.1) is 0 Å². The van der Waals surface area contributed by atoms with Crippen LogP contribution >= 0.6 is 10.5 Å². The summed E-state index contributed by atoms with van der Waals surface area (Å²) in [6.45, 7) is 0. The Morgan fingerprint density at radius 3 is 1.50 bits per heavy atom. The zero-order valence-corrected chi connectivity index (χ0v) is 8.02. The molecule has 0 aromatic carbocycles. The van der Waals surface area contributed by atoms with Crippen LogP contribution in [0.4, 0.5) is 0 Å². The first-order valence-corrected chi connectivity index (χ1v) is 4.50. The van der Waals surface area contributed by atoms with E-state index >= 15 is 0 Å². The topological polar surface area (TPSA) is 0 Å². The Balaban J connectivity index is -0.000000000500. The second kappa shape index (κ2) is 19.3. The van der Waals surface area contributed by atoms with Gasteiger partial charge in [0.25, 0.3) is 0 Å². The summed E-state index contributed by atoms with van der Waals surface area (Å²) in [7, 11) is 4.21. The minimum absolute atomic E-state index is 0. The fourth-order valence-electron chi connectivity index (χ4n) is 0. The average Bonchev–Trinajstić information content (AvgIpc) is 1.00. The van der Waals surface area contributed by atoms with Gasteiger partial charge in [-0.3, -0.25) is 0 Å². The van der Waals surface area contributed by atoms with Crippen molar-refractivity contribution in [2.45, 2.75) is 0 Å². The first-order chi connectivity index (χ1) is 1.00. The van der Waals surface area contributed by atoms with E-state index in [1.807, 2.05) is 0 Å². The van der Waals surface area contributed by atoms with Crippen LogP contribution in [0.1, 0.15) is 4.28 Å². The van der Waals surface area contributed by atoms with Gasteiger partial charge in [-0.1, -0.05) is 0 Å². The van der Waals surface area contributed by atoms with Gasteiger partial charge in [0.2, 0.25) is 0 Å². The van der Waals surface area contributed by atoms with Gasteiger partial charge in [-0.25, -0.2) is 0 Å². The van der Waals surface area contributed by atoms with E-state index in [9.17, 15) is 0 Å². The van der Waals surface area contributed by atoms with E-state index in [4.69, 9.17) is 0 Å². The normalized spacial score (nSPS) is 1.00. The van der Waals surface area contributed by atoms with Gasteiger partial charge in [0, 0.05) is 0 Å². The maximum absolute atomic E-state index is 4.21. The zero-order chi connectivity index (χ0) is 2.00. The Bertz CT molecular complexity index is 14.9. The third-order valence-electron chi connectivity index (χ3n) is 0. The molecule has 0 atom stereocenters. The van der Waals surface area contributed by atoms with Gasteiger partial charge in [0.1, 0.15) is 0 Å². The summed E-state index contributed by atoms with van der Waals surface area (Å²) in [5.74, 6) is 0. The monoisotopic (exact) mass is 142 g/mol. The van der Waals surface area contributed by atoms with Gasteiger partial charge >= 0.3 is 67.2 Å². The molecular formula is H5GeLiMgS. The average molecular weight is 141 g/mol. The number of rotatable bonds is 0. The van der Waals surface area contributed by atoms with Crippen molar-refractivity contribution in [3.63, 3.8) is 0 Å². The molecule has 0 aliphatic heterocycles. The Morgan fingerprint density at radius 2 is 1.50 bits per heavy atom. The summed E-state index contributed by atoms with van der Waals surface area (Å²) in [5, 5.41) is 0. The molecule has 0 spiro atoms. The molecule has 0 fully saturated rings. The third-order valence-corrected chi connectivity index (χ3v) is 0. The van der Waals surface area contributed by atoms with E-state index in [-0.39, 0.29) is 46.2 Å². The summed E-state index contributed by atoms with van der Waals surface area (Å²) >= 11 is 0.958. The Morgan fingerprint density at radius 1 is 1.50 bits per heavy atom. The van der Waals surface area contributed by atoms with E-state index in [1.54, 1.807) is 0 Å². The summed E-state index contributed by atoms with van der Waals surface area (Å²) in [6.07, 6.45) is 0. The van der Waals surface area contributed by atoms with Crippen molar-refractivity contribution in [1.29, 1.82) is 0 Å². The van der Waals surface area contributed by atoms with Crippen LogP contribution in [0.3, 0.4) is 0 Å². The molecule has 0 radical (unpaired) electrons. The molecule has 0 unspecified atom stereocenters. The van der Waals surface area contributed by atoms with E-state index in [0.29, 0.717) is 0 Å². The third kappa shape index (κ3) is 8.92. The minimum atomic E-state index is 0. The van der Waals surface area contributed by atoms with Crippen molar-refractivity contribution < 1.29 is 23.1 Å². The Hall–Kier alpha value is 2.13. The number of hydrogen-bond donors (Lipinski definition) is 0. The first-order valence-electron chi connectivity index (χ1n) is 0.289. The summed E-state index contributed by atoms with van der Waals surface area (Å²) in [6, 6.07) is 0. The molecule has 0 aromatic heterocycles. The maximum atomic E-state index is 4.21. The summed E-state index contributed by atoms with van der Waals surface area (Å²) in [4.78, 5) is 0. The van der Waals surface area contributed by atoms with Crippen molar-refractivity contribution in [2.24, 2.45) is 0 Å². The standard InChI is InChI=1S/GeH2S.Li.Mg.3H/c1-2;;;;;/h1H2;;;;;/q;+1;+2;3*-1. The zero-order valence-electron chi connectivity index (χ0n) is 5.82. The molecule has 0 bridgehead atoms. The predicted octanol–water partition coefficient (Wildman–Crippen LogP) is -3.31. The molecule has 0 heterocycles. The van der Waals surface area contributed by atoms with Crippen molar-refractivity contribution in [3.05, 3.63) is 0 Å². The molecule has 18 valence electrons. The van der Waals surface area contributed by atoms with Crippen LogP contribution in [0.15, 0.2) is 0 Å². The van der Waals surface area contributed by atoms with Crippen LogP contribution in [-0.4, -0.2) is 37.9 Å². The van der Waals surface area contributed by atoms with Crippen molar-refractivity contribution >= 4 is 48.4 Å². The fourth-order valence-corrected chi connectivity index (χ4v) is 0. The molecule has 0 saturated carbocycles. The molecule has 0 nitrogen and oxygen atoms in total. The summed E-state index contributed by atoms with van der Waals surface area (Å²) < 4.78 is 0. The van der Waals surface area contributed by atoms with Gasteiger partial charge < -0.3 is 4.28 Å². The molecule has 0 aliphatic rings. The van der Waals surface area contributed by atoms with Crippen LogP contribution in [0.25, 0.3) is 0 Å². The molecule has 0 amide bonds. The first kappa shape index (κ1) is 16.5. The van der Waals surface area contributed by atoms with Gasteiger partial charge in [-0.15, -0.1) is 0 Å². The molecule has 0 saturated heterocycles. The van der Waals surface area contributed by atoms with Gasteiger partial charge in [-0.2, -0.15) is 0 Å². The number of hydrogen-bond acceptors (Lipinski definition) is 1. The van der Waals surface area contributed by atoms with Crippen LogP contribution in [0, 0.1) is 0 Å². The van der Waals surface area contributed by atoms with E-state index in [1.165, 1.54) is 0 Å². The van der Waals surface area contributed by atoms with Crippen molar-refractivity contribution in [1.82, 2.24) is 0 Å². The van der Waals surface area contributed by atoms with Crippen LogP contribution in [0.2, 0.25) is 0 Å². The van der Waals surface area contributed by atoms with Crippen LogP contribution < -0.4 is 18.9 Å². The molecule has 4 heteroatoms. The van der Waals surface area contributed by atoms with Gasteiger partial charge in [-0.05, 0) is 0 Å². The summed E-state index contributed by atoms with van der Waals surface area (Å²) in [5.41, 5.74) is 0.